The number of carbonyl (C=O) groups excluding carboxylic acids is 3. The summed E-state index contributed by atoms with van der Waals surface area (Å²) in [5, 5.41) is 25.3. The lowest BCUT2D eigenvalue weighted by molar-refractivity contribution is -0.124. The van der Waals surface area contributed by atoms with Crippen LogP contribution in [0.2, 0.25) is 5.02 Å². The highest BCUT2D eigenvalue weighted by atomic mass is 35.5. The molecule has 0 saturated heterocycles. The third-order valence-corrected chi connectivity index (χ3v) is 5.74. The first kappa shape index (κ1) is 28.0. The van der Waals surface area contributed by atoms with Gasteiger partial charge in [-0.05, 0) is 18.2 Å². The number of benzene rings is 2. The Kier molecular flexibility index (Phi) is 9.92. The van der Waals surface area contributed by atoms with Gasteiger partial charge in [-0.25, -0.2) is 0 Å². The highest BCUT2D eigenvalue weighted by Gasteiger charge is 2.38. The average molecular weight is 537 g/mol. The van der Waals surface area contributed by atoms with E-state index in [0.717, 1.165) is 4.90 Å². The van der Waals surface area contributed by atoms with Crippen LogP contribution in [0.5, 0.6) is 11.5 Å². The number of aliphatic hydroxyl groups is 2. The van der Waals surface area contributed by atoms with E-state index in [-0.39, 0.29) is 49.2 Å². The SMILES string of the molecule is COc1cc(OC)c(NC(=O)CN2c3ccccc3C(=O)N(CC(=O)NCCOCCO)C2O)cc1Cl. The third kappa shape index (κ3) is 6.80. The molecule has 0 radical (unpaired) electrons. The highest BCUT2D eigenvalue weighted by molar-refractivity contribution is 6.32. The minimum Gasteiger partial charge on any atom is -0.495 e. The van der Waals surface area contributed by atoms with Crippen molar-refractivity contribution in [1.82, 2.24) is 10.2 Å². The van der Waals surface area contributed by atoms with Crippen LogP contribution in [0.25, 0.3) is 0 Å². The zero-order valence-corrected chi connectivity index (χ0v) is 21.2. The topological polar surface area (TPSA) is 150 Å². The maximum absolute atomic E-state index is 13.0. The Hall–Kier alpha value is -3.58. The summed E-state index contributed by atoms with van der Waals surface area (Å²) in [5.74, 6) is -0.945. The van der Waals surface area contributed by atoms with E-state index in [9.17, 15) is 19.5 Å². The number of para-hydroxylation sites is 1. The van der Waals surface area contributed by atoms with Gasteiger partial charge in [0.05, 0.1) is 56.0 Å². The minimum absolute atomic E-state index is 0.135. The number of aliphatic hydroxyl groups excluding tert-OH is 2. The molecule has 3 rings (SSSR count). The Labute approximate surface area is 218 Å². The summed E-state index contributed by atoms with van der Waals surface area (Å²) in [4.78, 5) is 40.7. The molecular weight excluding hydrogens is 508 g/mol. The summed E-state index contributed by atoms with van der Waals surface area (Å²) in [6.45, 7) is -0.465. The number of ether oxygens (including phenoxy) is 3. The molecule has 0 aliphatic carbocycles. The third-order valence-electron chi connectivity index (χ3n) is 5.44. The average Bonchev–Trinajstić information content (AvgIpc) is 2.89. The lowest BCUT2D eigenvalue weighted by Crippen LogP contribution is -2.59. The number of halogens is 1. The van der Waals surface area contributed by atoms with Gasteiger partial charge in [-0.1, -0.05) is 23.7 Å². The minimum atomic E-state index is -1.59. The normalized spacial score (nSPS) is 14.7. The molecular formula is C24H29ClN4O8. The van der Waals surface area contributed by atoms with Gasteiger partial charge in [-0.3, -0.25) is 19.3 Å². The van der Waals surface area contributed by atoms with E-state index in [4.69, 9.17) is 30.9 Å². The molecule has 37 heavy (non-hydrogen) atoms. The molecule has 1 aliphatic rings. The molecule has 1 heterocycles. The van der Waals surface area contributed by atoms with Crippen molar-refractivity contribution in [2.45, 2.75) is 6.35 Å². The van der Waals surface area contributed by atoms with Gasteiger partial charge < -0.3 is 40.0 Å². The van der Waals surface area contributed by atoms with Gasteiger partial charge in [-0.2, -0.15) is 0 Å². The van der Waals surface area contributed by atoms with E-state index < -0.39 is 30.6 Å². The molecule has 1 aliphatic heterocycles. The lowest BCUT2D eigenvalue weighted by atomic mass is 10.1. The van der Waals surface area contributed by atoms with Gasteiger partial charge >= 0.3 is 0 Å². The van der Waals surface area contributed by atoms with Crippen molar-refractivity contribution in [2.75, 3.05) is 63.9 Å². The maximum atomic E-state index is 13.0. The van der Waals surface area contributed by atoms with Gasteiger partial charge in [0, 0.05) is 12.6 Å². The van der Waals surface area contributed by atoms with Crippen LogP contribution in [0.3, 0.4) is 0 Å². The van der Waals surface area contributed by atoms with Gasteiger partial charge in [0.15, 0.2) is 0 Å². The number of carbonyl (C=O) groups is 3. The number of hydrogen-bond donors (Lipinski definition) is 4. The van der Waals surface area contributed by atoms with Crippen molar-refractivity contribution in [3.8, 4) is 11.5 Å². The van der Waals surface area contributed by atoms with Crippen LogP contribution in [-0.4, -0.2) is 92.9 Å². The van der Waals surface area contributed by atoms with Crippen molar-refractivity contribution in [2.24, 2.45) is 0 Å². The number of rotatable bonds is 12. The maximum Gasteiger partial charge on any atom is 0.259 e. The van der Waals surface area contributed by atoms with Crippen molar-refractivity contribution >= 4 is 40.7 Å². The number of hydrogen-bond acceptors (Lipinski definition) is 9. The van der Waals surface area contributed by atoms with Crippen molar-refractivity contribution in [3.05, 3.63) is 47.0 Å². The van der Waals surface area contributed by atoms with E-state index in [1.807, 2.05) is 0 Å². The second-order valence-corrected chi connectivity index (χ2v) is 8.25. The monoisotopic (exact) mass is 536 g/mol. The molecule has 4 N–H and O–H groups in total. The summed E-state index contributed by atoms with van der Waals surface area (Å²) in [7, 11) is 2.88. The fraction of sp³-hybridized carbons (Fsp3) is 0.375. The van der Waals surface area contributed by atoms with E-state index in [0.29, 0.717) is 17.2 Å². The molecule has 0 fully saturated rings. The van der Waals surface area contributed by atoms with Crippen LogP contribution in [0, 0.1) is 0 Å². The number of methoxy groups -OCH3 is 2. The number of anilines is 2. The molecule has 3 amide bonds. The Morgan fingerprint density at radius 1 is 1.03 bits per heavy atom. The molecule has 0 saturated carbocycles. The first-order valence-corrected chi connectivity index (χ1v) is 11.7. The summed E-state index contributed by atoms with van der Waals surface area (Å²) < 4.78 is 15.6. The van der Waals surface area contributed by atoms with E-state index in [1.165, 1.54) is 31.3 Å². The van der Waals surface area contributed by atoms with E-state index in [1.54, 1.807) is 24.3 Å². The van der Waals surface area contributed by atoms with Gasteiger partial charge in [0.25, 0.3) is 5.91 Å². The fourth-order valence-electron chi connectivity index (χ4n) is 3.72. The molecule has 2 aromatic carbocycles. The first-order chi connectivity index (χ1) is 17.8. The number of nitrogens with zero attached hydrogens (tertiary/aromatic N) is 2. The van der Waals surface area contributed by atoms with Gasteiger partial charge in [0.1, 0.15) is 24.6 Å². The van der Waals surface area contributed by atoms with Crippen LogP contribution in [-0.2, 0) is 14.3 Å². The molecule has 1 atom stereocenters. The Balaban J connectivity index is 1.75. The van der Waals surface area contributed by atoms with Crippen molar-refractivity contribution in [1.29, 1.82) is 0 Å². The molecule has 0 aromatic heterocycles. The molecule has 12 nitrogen and oxygen atoms in total. The Morgan fingerprint density at radius 2 is 1.73 bits per heavy atom. The smallest absolute Gasteiger partial charge is 0.259 e. The molecule has 0 spiro atoms. The van der Waals surface area contributed by atoms with Crippen LogP contribution in [0.15, 0.2) is 36.4 Å². The Bertz CT molecular complexity index is 1130. The van der Waals surface area contributed by atoms with Crippen molar-refractivity contribution in [3.63, 3.8) is 0 Å². The number of fused-ring (bicyclic) bond motifs is 1. The number of amides is 3. The largest absolute Gasteiger partial charge is 0.495 e. The fourth-order valence-corrected chi connectivity index (χ4v) is 3.96. The standard InChI is InChI=1S/C24H29ClN4O8/c1-35-19-12-20(36-2)17(11-16(19)25)27-22(32)14-28-18-6-4-3-5-15(18)23(33)29(24(28)34)13-21(31)26-7-9-37-10-8-30/h3-6,11-12,24,30,34H,7-10,13-14H2,1-2H3,(H,26,31)(H,27,32). The molecule has 13 heteroatoms. The predicted octanol–water partition coefficient (Wildman–Crippen LogP) is 0.659. The second-order valence-electron chi connectivity index (χ2n) is 7.85. The zero-order valence-electron chi connectivity index (χ0n) is 20.4. The van der Waals surface area contributed by atoms with E-state index >= 15 is 0 Å². The quantitative estimate of drug-likeness (QED) is 0.287. The van der Waals surface area contributed by atoms with Crippen LogP contribution in [0.4, 0.5) is 11.4 Å². The van der Waals surface area contributed by atoms with Crippen molar-refractivity contribution < 1.29 is 38.8 Å². The Morgan fingerprint density at radius 3 is 2.43 bits per heavy atom. The first-order valence-electron chi connectivity index (χ1n) is 11.3. The number of nitrogens with one attached hydrogen (secondary N) is 2. The zero-order chi connectivity index (χ0) is 26.9. The summed E-state index contributed by atoms with van der Waals surface area (Å²) in [6, 6.07) is 9.47. The lowest BCUT2D eigenvalue weighted by Gasteiger charge is -2.41. The van der Waals surface area contributed by atoms with Crippen LogP contribution >= 0.6 is 11.6 Å². The molecule has 1 unspecified atom stereocenters. The molecule has 2 aromatic rings. The predicted molar refractivity (Wildman–Crippen MR) is 135 cm³/mol. The highest BCUT2D eigenvalue weighted by Crippen LogP contribution is 2.36. The van der Waals surface area contributed by atoms with Crippen LogP contribution in [0.1, 0.15) is 10.4 Å². The van der Waals surface area contributed by atoms with Gasteiger partial charge in [-0.15, -0.1) is 0 Å². The second kappa shape index (κ2) is 13.1. The van der Waals surface area contributed by atoms with E-state index in [2.05, 4.69) is 10.6 Å². The van der Waals surface area contributed by atoms with Crippen LogP contribution < -0.4 is 25.0 Å². The molecule has 200 valence electrons. The summed E-state index contributed by atoms with van der Waals surface area (Å²) in [6.07, 6.45) is -1.59. The van der Waals surface area contributed by atoms with Gasteiger partial charge in [0.2, 0.25) is 18.2 Å². The molecule has 0 bridgehead atoms. The summed E-state index contributed by atoms with van der Waals surface area (Å²) >= 11 is 6.19. The summed E-state index contributed by atoms with van der Waals surface area (Å²) in [5.41, 5.74) is 0.850.